The zero-order valence-electron chi connectivity index (χ0n) is 20.3. The highest BCUT2D eigenvalue weighted by Crippen LogP contribution is 2.52. The number of benzene rings is 2. The molecule has 1 spiro atoms. The van der Waals surface area contributed by atoms with E-state index < -0.39 is 6.04 Å². The van der Waals surface area contributed by atoms with Crippen molar-refractivity contribution in [3.63, 3.8) is 0 Å². The molecular formula is C28H34N4O2. The van der Waals surface area contributed by atoms with Crippen LogP contribution in [0.4, 0.5) is 0 Å². The number of piperidine rings is 1. The van der Waals surface area contributed by atoms with Gasteiger partial charge < -0.3 is 20.5 Å². The molecule has 6 heteroatoms. The van der Waals surface area contributed by atoms with E-state index in [1.165, 1.54) is 5.56 Å². The summed E-state index contributed by atoms with van der Waals surface area (Å²) in [6, 6.07) is 15.9. The first kappa shape index (κ1) is 22.7. The minimum absolute atomic E-state index is 0.0137. The second-order valence-corrected chi connectivity index (χ2v) is 10.3. The highest BCUT2D eigenvalue weighted by molar-refractivity contribution is 5.88. The number of nitrogens with one attached hydrogen (secondary N) is 1. The van der Waals surface area contributed by atoms with Crippen molar-refractivity contribution in [1.82, 2.24) is 14.8 Å². The Bertz CT molecular complexity index is 1220. The summed E-state index contributed by atoms with van der Waals surface area (Å²) in [5.74, 6) is -0.0105. The maximum absolute atomic E-state index is 13.4. The van der Waals surface area contributed by atoms with Crippen molar-refractivity contribution in [2.45, 2.75) is 49.5 Å². The van der Waals surface area contributed by atoms with Gasteiger partial charge in [-0.05, 0) is 42.0 Å². The molecule has 1 saturated heterocycles. The number of H-pyrrole nitrogens is 1. The van der Waals surface area contributed by atoms with Gasteiger partial charge in [0.15, 0.2) is 0 Å². The van der Waals surface area contributed by atoms with Crippen molar-refractivity contribution in [2.24, 2.45) is 5.73 Å². The van der Waals surface area contributed by atoms with Crippen LogP contribution in [0.3, 0.4) is 0 Å². The van der Waals surface area contributed by atoms with Gasteiger partial charge in [0.2, 0.25) is 11.8 Å². The SMILES string of the molecule is C[C@H](c1c[nH]c2ccccc12)C(N)C(=O)N1CCC2(CC1)C[C@@H](C(=O)N(C)C)c1ccccc12. The Hall–Kier alpha value is -3.12. The summed E-state index contributed by atoms with van der Waals surface area (Å²) < 4.78 is 0. The van der Waals surface area contributed by atoms with Gasteiger partial charge in [-0.1, -0.05) is 49.4 Å². The lowest BCUT2D eigenvalue weighted by Crippen LogP contribution is -2.51. The molecule has 1 unspecified atom stereocenters. The fourth-order valence-electron chi connectivity index (χ4n) is 6.14. The lowest BCUT2D eigenvalue weighted by molar-refractivity contribution is -0.135. The van der Waals surface area contributed by atoms with Gasteiger partial charge >= 0.3 is 0 Å². The highest BCUT2D eigenvalue weighted by Gasteiger charge is 2.48. The number of carbonyl (C=O) groups is 2. The second kappa shape index (κ2) is 8.58. The first-order chi connectivity index (χ1) is 16.3. The van der Waals surface area contributed by atoms with Gasteiger partial charge in [-0.15, -0.1) is 0 Å². The van der Waals surface area contributed by atoms with Gasteiger partial charge in [0.25, 0.3) is 0 Å². The first-order valence-electron chi connectivity index (χ1n) is 12.2. The molecule has 1 aliphatic carbocycles. The number of nitrogens with two attached hydrogens (primary N) is 1. The minimum Gasteiger partial charge on any atom is -0.361 e. The van der Waals surface area contributed by atoms with Crippen LogP contribution in [0.25, 0.3) is 10.9 Å². The first-order valence-corrected chi connectivity index (χ1v) is 12.2. The Morgan fingerprint density at radius 1 is 1.09 bits per heavy atom. The van der Waals surface area contributed by atoms with Crippen LogP contribution in [0.2, 0.25) is 0 Å². The number of likely N-dealkylation sites (N-methyl/N-ethyl adjacent to an activating group) is 1. The molecule has 0 radical (unpaired) electrons. The fourth-order valence-corrected chi connectivity index (χ4v) is 6.14. The molecule has 178 valence electrons. The standard InChI is InChI=1S/C28H34N4O2/c1-18(22-17-30-24-11-7-5-9-20(22)24)25(29)27(34)32-14-12-28(13-15-32)16-21(26(33)31(2)3)19-8-4-6-10-23(19)28/h4-11,17-18,21,25,30H,12-16,29H2,1-3H3/t18-,21-,25?/m1/s1. The molecule has 6 nitrogen and oxygen atoms in total. The Kier molecular flexibility index (Phi) is 5.72. The summed E-state index contributed by atoms with van der Waals surface area (Å²) in [5.41, 5.74) is 11.1. The van der Waals surface area contributed by atoms with Crippen LogP contribution < -0.4 is 5.73 Å². The van der Waals surface area contributed by atoms with Crippen LogP contribution in [0.1, 0.15) is 54.7 Å². The number of aromatic amines is 1. The molecule has 2 aromatic carbocycles. The van der Waals surface area contributed by atoms with Crippen molar-refractivity contribution in [3.05, 3.63) is 71.4 Å². The average Bonchev–Trinajstić information content (AvgIpc) is 3.43. The quantitative estimate of drug-likeness (QED) is 0.625. The number of hydrogen-bond acceptors (Lipinski definition) is 3. The summed E-state index contributed by atoms with van der Waals surface area (Å²) in [6.07, 6.45) is 4.52. The largest absolute Gasteiger partial charge is 0.361 e. The lowest BCUT2D eigenvalue weighted by atomic mass is 9.73. The third-order valence-corrected chi connectivity index (χ3v) is 8.21. The molecule has 3 N–H and O–H groups in total. The number of likely N-dealkylation sites (tertiary alicyclic amines) is 1. The van der Waals surface area contributed by atoms with Crippen molar-refractivity contribution in [1.29, 1.82) is 0 Å². The molecule has 0 saturated carbocycles. The Balaban J connectivity index is 1.31. The van der Waals surface area contributed by atoms with E-state index >= 15 is 0 Å². The summed E-state index contributed by atoms with van der Waals surface area (Å²) in [5, 5.41) is 1.12. The molecule has 2 amide bonds. The normalized spacial score (nSPS) is 20.8. The summed E-state index contributed by atoms with van der Waals surface area (Å²) in [6.45, 7) is 3.38. The van der Waals surface area contributed by atoms with Crippen molar-refractivity contribution in [3.8, 4) is 0 Å². The zero-order chi connectivity index (χ0) is 24.0. The van der Waals surface area contributed by atoms with E-state index in [1.54, 1.807) is 4.90 Å². The van der Waals surface area contributed by atoms with Crippen LogP contribution in [0.15, 0.2) is 54.7 Å². The van der Waals surface area contributed by atoms with E-state index in [1.807, 2.05) is 56.4 Å². The van der Waals surface area contributed by atoms with E-state index in [0.717, 1.165) is 41.3 Å². The Morgan fingerprint density at radius 2 is 1.76 bits per heavy atom. The predicted molar refractivity (Wildman–Crippen MR) is 135 cm³/mol. The molecule has 5 rings (SSSR count). The van der Waals surface area contributed by atoms with Crippen LogP contribution >= 0.6 is 0 Å². The molecule has 2 heterocycles. The minimum atomic E-state index is -0.591. The zero-order valence-corrected chi connectivity index (χ0v) is 20.3. The second-order valence-electron chi connectivity index (χ2n) is 10.3. The van der Waals surface area contributed by atoms with Crippen molar-refractivity contribution >= 4 is 22.7 Å². The van der Waals surface area contributed by atoms with Gasteiger partial charge in [0.1, 0.15) is 0 Å². The molecule has 34 heavy (non-hydrogen) atoms. The smallest absolute Gasteiger partial charge is 0.240 e. The van der Waals surface area contributed by atoms with Crippen molar-refractivity contribution < 1.29 is 9.59 Å². The average molecular weight is 459 g/mol. The number of hydrogen-bond donors (Lipinski definition) is 2. The maximum Gasteiger partial charge on any atom is 0.240 e. The third kappa shape index (κ3) is 3.61. The number of aromatic nitrogens is 1. The van der Waals surface area contributed by atoms with E-state index in [2.05, 4.69) is 29.2 Å². The van der Waals surface area contributed by atoms with Crippen molar-refractivity contribution in [2.75, 3.05) is 27.2 Å². The molecule has 3 atom stereocenters. The van der Waals surface area contributed by atoms with Gasteiger partial charge in [0.05, 0.1) is 12.0 Å². The van der Waals surface area contributed by atoms with Crippen LogP contribution in [-0.2, 0) is 15.0 Å². The number of fused-ring (bicyclic) bond motifs is 3. The molecule has 1 fully saturated rings. The maximum atomic E-state index is 13.4. The summed E-state index contributed by atoms with van der Waals surface area (Å²) >= 11 is 0. The van der Waals surface area contributed by atoms with E-state index in [-0.39, 0.29) is 29.1 Å². The van der Waals surface area contributed by atoms with E-state index in [0.29, 0.717) is 13.1 Å². The molecule has 1 aliphatic heterocycles. The number of para-hydroxylation sites is 1. The topological polar surface area (TPSA) is 82.4 Å². The van der Waals surface area contributed by atoms with Crippen LogP contribution in [-0.4, -0.2) is 59.8 Å². The van der Waals surface area contributed by atoms with E-state index in [9.17, 15) is 9.59 Å². The summed E-state index contributed by atoms with van der Waals surface area (Å²) in [4.78, 5) is 33.3. The molecule has 3 aromatic rings. The molecule has 2 aliphatic rings. The van der Waals surface area contributed by atoms with Gasteiger partial charge in [-0.3, -0.25) is 9.59 Å². The number of rotatable bonds is 4. The predicted octanol–water partition coefficient (Wildman–Crippen LogP) is 3.73. The van der Waals surface area contributed by atoms with Gasteiger partial charge in [0, 0.05) is 55.6 Å². The van der Waals surface area contributed by atoms with Crippen LogP contribution in [0.5, 0.6) is 0 Å². The highest BCUT2D eigenvalue weighted by atomic mass is 16.2. The number of nitrogens with zero attached hydrogens (tertiary/aromatic N) is 2. The Labute approximate surface area is 201 Å². The van der Waals surface area contributed by atoms with E-state index in [4.69, 9.17) is 5.73 Å². The van der Waals surface area contributed by atoms with Gasteiger partial charge in [-0.25, -0.2) is 0 Å². The van der Waals surface area contributed by atoms with Crippen LogP contribution in [0, 0.1) is 0 Å². The number of amides is 2. The molecular weight excluding hydrogens is 424 g/mol. The summed E-state index contributed by atoms with van der Waals surface area (Å²) in [7, 11) is 3.65. The molecule has 1 aromatic heterocycles. The number of carbonyl (C=O) groups excluding carboxylic acids is 2. The monoisotopic (exact) mass is 458 g/mol. The third-order valence-electron chi connectivity index (χ3n) is 8.21. The molecule has 0 bridgehead atoms. The fraction of sp³-hybridized carbons (Fsp3) is 0.429. The van der Waals surface area contributed by atoms with Gasteiger partial charge in [-0.2, -0.15) is 0 Å². The lowest BCUT2D eigenvalue weighted by Gasteiger charge is -2.41. The Morgan fingerprint density at radius 3 is 2.50 bits per heavy atom.